The molecule has 3 N–H and O–H groups in total. The molecule has 0 aliphatic heterocycles. The summed E-state index contributed by atoms with van der Waals surface area (Å²) in [4.78, 5) is 0. The number of hydrogen-bond donors (Lipinski definition) is 3. The van der Waals surface area contributed by atoms with E-state index in [-0.39, 0.29) is 18.9 Å². The number of rotatable bonds is 4. The van der Waals surface area contributed by atoms with Gasteiger partial charge >= 0.3 is 0 Å². The second kappa shape index (κ2) is 4.04. The normalized spacial score (nSPS) is 19.9. The van der Waals surface area contributed by atoms with Crippen LogP contribution in [0.1, 0.15) is 27.2 Å². The molecule has 0 spiro atoms. The van der Waals surface area contributed by atoms with Crippen LogP contribution in [0.5, 0.6) is 0 Å². The van der Waals surface area contributed by atoms with Crippen molar-refractivity contribution in [1.29, 1.82) is 0 Å². The van der Waals surface area contributed by atoms with Gasteiger partial charge in [-0.1, -0.05) is 13.8 Å². The Morgan fingerprint density at radius 3 is 2.09 bits per heavy atom. The zero-order valence-electron chi connectivity index (χ0n) is 7.41. The number of hydrogen-bond acceptors (Lipinski definition) is 3. The highest BCUT2D eigenvalue weighted by atomic mass is 16.3. The average molecular weight is 162 g/mol. The van der Waals surface area contributed by atoms with Crippen molar-refractivity contribution in [2.75, 3.05) is 6.61 Å². The maximum Gasteiger partial charge on any atom is 0.0901 e. The van der Waals surface area contributed by atoms with Crippen LogP contribution in [0.4, 0.5) is 0 Å². The van der Waals surface area contributed by atoms with Crippen LogP contribution in [0.15, 0.2) is 0 Å². The molecule has 0 bridgehead atoms. The van der Waals surface area contributed by atoms with Crippen molar-refractivity contribution in [1.82, 2.24) is 0 Å². The molecule has 0 saturated carbocycles. The Hall–Kier alpha value is -0.120. The fourth-order valence-electron chi connectivity index (χ4n) is 1.09. The minimum Gasteiger partial charge on any atom is -0.396 e. The Kier molecular flexibility index (Phi) is 4.00. The molecule has 0 aliphatic rings. The van der Waals surface area contributed by atoms with Gasteiger partial charge in [-0.2, -0.15) is 0 Å². The van der Waals surface area contributed by atoms with Crippen LogP contribution in [0.3, 0.4) is 0 Å². The topological polar surface area (TPSA) is 60.7 Å². The molecule has 2 unspecified atom stereocenters. The highest BCUT2D eigenvalue weighted by Gasteiger charge is 2.31. The van der Waals surface area contributed by atoms with Crippen LogP contribution in [-0.2, 0) is 0 Å². The van der Waals surface area contributed by atoms with Crippen LogP contribution in [0.2, 0.25) is 0 Å². The van der Waals surface area contributed by atoms with Gasteiger partial charge in [-0.25, -0.2) is 0 Å². The standard InChI is InChI=1S/C8H18O3/c1-6(2)7(10)8(3,11)4-5-9/h6-7,9-11H,4-5H2,1-3H3. The summed E-state index contributed by atoms with van der Waals surface area (Å²) in [7, 11) is 0. The second-order valence-electron chi connectivity index (χ2n) is 3.52. The summed E-state index contributed by atoms with van der Waals surface area (Å²) in [5, 5.41) is 27.5. The lowest BCUT2D eigenvalue weighted by Crippen LogP contribution is -2.43. The third-order valence-electron chi connectivity index (χ3n) is 1.89. The van der Waals surface area contributed by atoms with Gasteiger partial charge in [0, 0.05) is 13.0 Å². The Balaban J connectivity index is 4.05. The maximum absolute atomic E-state index is 9.54. The SMILES string of the molecule is CC(C)C(O)C(C)(O)CCO. The summed E-state index contributed by atoms with van der Waals surface area (Å²) in [5.74, 6) is 0.0107. The monoisotopic (exact) mass is 162 g/mol. The fourth-order valence-corrected chi connectivity index (χ4v) is 1.09. The first-order chi connectivity index (χ1) is 4.91. The van der Waals surface area contributed by atoms with Crippen molar-refractivity contribution >= 4 is 0 Å². The van der Waals surface area contributed by atoms with Crippen molar-refractivity contribution < 1.29 is 15.3 Å². The first-order valence-corrected chi connectivity index (χ1v) is 3.93. The molecule has 0 aromatic carbocycles. The predicted octanol–water partition coefficient (Wildman–Crippen LogP) is 0.137. The van der Waals surface area contributed by atoms with Gasteiger partial charge in [0.2, 0.25) is 0 Å². The van der Waals surface area contributed by atoms with Gasteiger partial charge in [-0.3, -0.25) is 0 Å². The molecule has 0 aromatic rings. The van der Waals surface area contributed by atoms with Crippen molar-refractivity contribution in [3.8, 4) is 0 Å². The van der Waals surface area contributed by atoms with Crippen LogP contribution >= 0.6 is 0 Å². The highest BCUT2D eigenvalue weighted by Crippen LogP contribution is 2.20. The lowest BCUT2D eigenvalue weighted by atomic mass is 9.88. The minimum absolute atomic E-state index is 0.0107. The van der Waals surface area contributed by atoms with E-state index in [1.807, 2.05) is 13.8 Å². The third kappa shape index (κ3) is 3.18. The van der Waals surface area contributed by atoms with Crippen molar-refractivity contribution in [2.24, 2.45) is 5.92 Å². The van der Waals surface area contributed by atoms with Crippen molar-refractivity contribution in [3.05, 3.63) is 0 Å². The summed E-state index contributed by atoms with van der Waals surface area (Å²) in [6.07, 6.45) is -0.554. The Bertz CT molecular complexity index is 110. The molecule has 3 nitrogen and oxygen atoms in total. The number of aliphatic hydroxyl groups excluding tert-OH is 2. The summed E-state index contributed by atoms with van der Waals surface area (Å²) in [6.45, 7) is 5.09. The van der Waals surface area contributed by atoms with Crippen LogP contribution < -0.4 is 0 Å². The lowest BCUT2D eigenvalue weighted by Gasteiger charge is -2.30. The third-order valence-corrected chi connectivity index (χ3v) is 1.89. The molecular weight excluding hydrogens is 144 g/mol. The first-order valence-electron chi connectivity index (χ1n) is 3.93. The first kappa shape index (κ1) is 10.9. The molecule has 0 saturated heterocycles. The Labute approximate surface area is 67.7 Å². The molecule has 0 aliphatic carbocycles. The fraction of sp³-hybridized carbons (Fsp3) is 1.00. The molecule has 0 fully saturated rings. The largest absolute Gasteiger partial charge is 0.396 e. The summed E-state index contributed by atoms with van der Waals surface area (Å²) in [5.41, 5.74) is -1.16. The van der Waals surface area contributed by atoms with Crippen LogP contribution in [-0.4, -0.2) is 33.6 Å². The molecule has 0 aromatic heterocycles. The molecular formula is C8H18O3. The average Bonchev–Trinajstić information content (AvgIpc) is 1.86. The molecule has 2 atom stereocenters. The summed E-state index contributed by atoms with van der Waals surface area (Å²) >= 11 is 0. The van der Waals surface area contributed by atoms with Gasteiger partial charge in [0.25, 0.3) is 0 Å². The summed E-state index contributed by atoms with van der Waals surface area (Å²) < 4.78 is 0. The zero-order valence-corrected chi connectivity index (χ0v) is 7.41. The van der Waals surface area contributed by atoms with E-state index >= 15 is 0 Å². The molecule has 0 rings (SSSR count). The molecule has 0 heterocycles. The van der Waals surface area contributed by atoms with Crippen molar-refractivity contribution in [3.63, 3.8) is 0 Å². The Morgan fingerprint density at radius 1 is 1.36 bits per heavy atom. The van der Waals surface area contributed by atoms with Crippen molar-refractivity contribution in [2.45, 2.75) is 38.9 Å². The summed E-state index contributed by atoms with van der Waals surface area (Å²) in [6, 6.07) is 0. The van der Waals surface area contributed by atoms with Gasteiger partial charge in [-0.05, 0) is 12.8 Å². The molecule has 11 heavy (non-hydrogen) atoms. The quantitative estimate of drug-likeness (QED) is 0.551. The van der Waals surface area contributed by atoms with E-state index in [1.165, 1.54) is 6.92 Å². The highest BCUT2D eigenvalue weighted by molar-refractivity contribution is 4.83. The molecule has 3 heteroatoms. The van der Waals surface area contributed by atoms with E-state index in [0.717, 1.165) is 0 Å². The molecule has 0 amide bonds. The minimum atomic E-state index is -1.16. The number of aliphatic hydroxyl groups is 3. The lowest BCUT2D eigenvalue weighted by molar-refractivity contribution is -0.0930. The maximum atomic E-state index is 9.54. The van der Waals surface area contributed by atoms with Gasteiger partial charge in [0.15, 0.2) is 0 Å². The smallest absolute Gasteiger partial charge is 0.0901 e. The van der Waals surface area contributed by atoms with Gasteiger partial charge in [-0.15, -0.1) is 0 Å². The van der Waals surface area contributed by atoms with Gasteiger partial charge in [0.1, 0.15) is 0 Å². The molecule has 0 radical (unpaired) electrons. The van der Waals surface area contributed by atoms with E-state index in [4.69, 9.17) is 5.11 Å². The van der Waals surface area contributed by atoms with E-state index in [9.17, 15) is 10.2 Å². The predicted molar refractivity (Wildman–Crippen MR) is 43.2 cm³/mol. The van der Waals surface area contributed by atoms with Crippen LogP contribution in [0.25, 0.3) is 0 Å². The van der Waals surface area contributed by atoms with E-state index in [0.29, 0.717) is 0 Å². The Morgan fingerprint density at radius 2 is 1.82 bits per heavy atom. The second-order valence-corrected chi connectivity index (χ2v) is 3.52. The molecule has 68 valence electrons. The van der Waals surface area contributed by atoms with Gasteiger partial charge in [0.05, 0.1) is 11.7 Å². The van der Waals surface area contributed by atoms with E-state index < -0.39 is 11.7 Å². The zero-order chi connectivity index (χ0) is 9.07. The van der Waals surface area contributed by atoms with E-state index in [2.05, 4.69) is 0 Å². The van der Waals surface area contributed by atoms with Crippen LogP contribution in [0, 0.1) is 5.92 Å². The van der Waals surface area contributed by atoms with Gasteiger partial charge < -0.3 is 15.3 Å². The van der Waals surface area contributed by atoms with E-state index in [1.54, 1.807) is 0 Å².